The van der Waals surface area contributed by atoms with Gasteiger partial charge < -0.3 is 5.73 Å². The van der Waals surface area contributed by atoms with E-state index in [0.717, 1.165) is 5.56 Å². The fourth-order valence-electron chi connectivity index (χ4n) is 2.50. The fraction of sp³-hybridized carbons (Fsp3) is 0.294. The molecule has 0 bridgehead atoms. The number of nitrogens with two attached hydrogens (primary N) is 1. The Balaban J connectivity index is 2.38. The van der Waals surface area contributed by atoms with Crippen molar-refractivity contribution >= 4 is 0 Å². The summed E-state index contributed by atoms with van der Waals surface area (Å²) in [5, 5.41) is 0. The molecule has 0 amide bonds. The molecule has 0 aliphatic rings. The lowest BCUT2D eigenvalue weighted by molar-refractivity contribution is 0.472. The van der Waals surface area contributed by atoms with Crippen LogP contribution in [-0.2, 0) is 12.0 Å². The average molecular weight is 257 g/mol. The van der Waals surface area contributed by atoms with E-state index in [1.807, 2.05) is 25.1 Å². The summed E-state index contributed by atoms with van der Waals surface area (Å²) in [6.07, 6.45) is 0.490. The van der Waals surface area contributed by atoms with Crippen molar-refractivity contribution in [2.45, 2.75) is 32.7 Å². The molecule has 0 saturated carbocycles. The minimum Gasteiger partial charge on any atom is -0.321 e. The number of halogens is 1. The van der Waals surface area contributed by atoms with Crippen molar-refractivity contribution in [3.63, 3.8) is 0 Å². The molecule has 1 unspecified atom stereocenters. The Hall–Kier alpha value is -1.67. The van der Waals surface area contributed by atoms with E-state index in [4.69, 9.17) is 5.73 Å². The first-order chi connectivity index (χ1) is 8.92. The highest BCUT2D eigenvalue weighted by atomic mass is 19.1. The van der Waals surface area contributed by atoms with Gasteiger partial charge in [-0.15, -0.1) is 0 Å². The molecule has 0 radical (unpaired) electrons. The van der Waals surface area contributed by atoms with Crippen molar-refractivity contribution in [3.8, 4) is 0 Å². The van der Waals surface area contributed by atoms with Gasteiger partial charge in [0.15, 0.2) is 0 Å². The summed E-state index contributed by atoms with van der Waals surface area (Å²) in [6.45, 7) is 6.09. The van der Waals surface area contributed by atoms with Crippen molar-refractivity contribution in [1.82, 2.24) is 0 Å². The average Bonchev–Trinajstić information content (AvgIpc) is 2.35. The molecule has 0 heterocycles. The molecule has 2 heteroatoms. The topological polar surface area (TPSA) is 26.0 Å². The quantitative estimate of drug-likeness (QED) is 0.887. The molecule has 0 aromatic heterocycles. The normalized spacial score (nSPS) is 14.2. The third kappa shape index (κ3) is 2.85. The Morgan fingerprint density at radius 2 is 1.74 bits per heavy atom. The maximum atomic E-state index is 13.8. The lowest BCUT2D eigenvalue weighted by Crippen LogP contribution is -2.36. The van der Waals surface area contributed by atoms with Gasteiger partial charge in [0.25, 0.3) is 0 Å². The first-order valence-corrected chi connectivity index (χ1v) is 6.51. The summed E-state index contributed by atoms with van der Waals surface area (Å²) in [5.74, 6) is -0.190. The molecule has 0 aliphatic carbocycles. The largest absolute Gasteiger partial charge is 0.321 e. The minimum absolute atomic E-state index is 0.190. The molecule has 0 spiro atoms. The van der Waals surface area contributed by atoms with E-state index in [1.165, 1.54) is 17.2 Å². The van der Waals surface area contributed by atoms with Crippen LogP contribution >= 0.6 is 0 Å². The van der Waals surface area contributed by atoms with E-state index in [1.54, 1.807) is 12.1 Å². The Labute approximate surface area is 114 Å². The molecule has 19 heavy (non-hydrogen) atoms. The van der Waals surface area contributed by atoms with Gasteiger partial charge in [0.2, 0.25) is 0 Å². The molecule has 0 fully saturated rings. The second-order valence-electron chi connectivity index (χ2n) is 5.43. The SMILES string of the molecule is Cc1cccc(C(C)(N)Cc2ccccc2F)c1C. The zero-order valence-corrected chi connectivity index (χ0v) is 11.7. The van der Waals surface area contributed by atoms with Gasteiger partial charge in [0.1, 0.15) is 5.82 Å². The predicted molar refractivity (Wildman–Crippen MR) is 77.6 cm³/mol. The molecule has 2 N–H and O–H groups in total. The molecule has 0 saturated heterocycles. The molecule has 1 atom stereocenters. The van der Waals surface area contributed by atoms with Crippen molar-refractivity contribution < 1.29 is 4.39 Å². The Kier molecular flexibility index (Phi) is 3.72. The number of rotatable bonds is 3. The number of hydrogen-bond donors (Lipinski definition) is 1. The lowest BCUT2D eigenvalue weighted by Gasteiger charge is -2.28. The number of aryl methyl sites for hydroxylation is 1. The van der Waals surface area contributed by atoms with Crippen molar-refractivity contribution in [3.05, 3.63) is 70.5 Å². The Morgan fingerprint density at radius 1 is 1.05 bits per heavy atom. The van der Waals surface area contributed by atoms with Gasteiger partial charge in [-0.3, -0.25) is 0 Å². The first-order valence-electron chi connectivity index (χ1n) is 6.51. The maximum absolute atomic E-state index is 13.8. The van der Waals surface area contributed by atoms with Crippen LogP contribution in [-0.4, -0.2) is 0 Å². The highest BCUT2D eigenvalue weighted by Gasteiger charge is 2.25. The Morgan fingerprint density at radius 3 is 2.42 bits per heavy atom. The third-order valence-corrected chi connectivity index (χ3v) is 3.74. The van der Waals surface area contributed by atoms with Crippen LogP contribution in [0.1, 0.15) is 29.2 Å². The first kappa shape index (κ1) is 13.8. The zero-order valence-electron chi connectivity index (χ0n) is 11.7. The third-order valence-electron chi connectivity index (χ3n) is 3.74. The summed E-state index contributed by atoms with van der Waals surface area (Å²) in [4.78, 5) is 0. The van der Waals surface area contributed by atoms with E-state index < -0.39 is 5.54 Å². The van der Waals surface area contributed by atoms with Gasteiger partial charge in [-0.2, -0.15) is 0 Å². The second-order valence-corrected chi connectivity index (χ2v) is 5.43. The van der Waals surface area contributed by atoms with Crippen LogP contribution < -0.4 is 5.73 Å². The van der Waals surface area contributed by atoms with Gasteiger partial charge in [0.05, 0.1) is 0 Å². The van der Waals surface area contributed by atoms with E-state index in [9.17, 15) is 4.39 Å². The minimum atomic E-state index is -0.571. The predicted octanol–water partition coefficient (Wildman–Crippen LogP) is 3.86. The van der Waals surface area contributed by atoms with E-state index >= 15 is 0 Å². The molecule has 100 valence electrons. The van der Waals surface area contributed by atoms with Crippen LogP contribution in [0.4, 0.5) is 4.39 Å². The summed E-state index contributed by atoms with van der Waals surface area (Å²) in [6, 6.07) is 12.9. The molecule has 0 aliphatic heterocycles. The molecule has 1 nitrogen and oxygen atoms in total. The van der Waals surface area contributed by atoms with Crippen LogP contribution in [0.25, 0.3) is 0 Å². The van der Waals surface area contributed by atoms with Crippen LogP contribution in [0.5, 0.6) is 0 Å². The van der Waals surface area contributed by atoms with Gasteiger partial charge >= 0.3 is 0 Å². The second kappa shape index (κ2) is 5.14. The summed E-state index contributed by atoms with van der Waals surface area (Å²) < 4.78 is 13.8. The lowest BCUT2D eigenvalue weighted by atomic mass is 9.83. The molecule has 2 aromatic carbocycles. The van der Waals surface area contributed by atoms with Crippen molar-refractivity contribution in [2.75, 3.05) is 0 Å². The van der Waals surface area contributed by atoms with E-state index in [-0.39, 0.29) is 5.82 Å². The van der Waals surface area contributed by atoms with Crippen LogP contribution in [0.2, 0.25) is 0 Å². The van der Waals surface area contributed by atoms with Gasteiger partial charge in [0, 0.05) is 5.54 Å². The Bertz CT molecular complexity index is 588. The van der Waals surface area contributed by atoms with Crippen molar-refractivity contribution in [1.29, 1.82) is 0 Å². The van der Waals surface area contributed by atoms with E-state index in [0.29, 0.717) is 12.0 Å². The van der Waals surface area contributed by atoms with Crippen LogP contribution in [0.15, 0.2) is 42.5 Å². The molecule has 2 rings (SSSR count). The van der Waals surface area contributed by atoms with Crippen LogP contribution in [0.3, 0.4) is 0 Å². The standard InChI is InChI=1S/C17H20FN/c1-12-7-6-9-15(13(12)2)17(3,19)11-14-8-4-5-10-16(14)18/h4-10H,11,19H2,1-3H3. The smallest absolute Gasteiger partial charge is 0.126 e. The van der Waals surface area contributed by atoms with E-state index in [2.05, 4.69) is 19.9 Å². The maximum Gasteiger partial charge on any atom is 0.126 e. The van der Waals surface area contributed by atoms with Crippen molar-refractivity contribution in [2.24, 2.45) is 5.73 Å². The molecular weight excluding hydrogens is 237 g/mol. The highest BCUT2D eigenvalue weighted by molar-refractivity contribution is 5.39. The highest BCUT2D eigenvalue weighted by Crippen LogP contribution is 2.28. The number of benzene rings is 2. The monoisotopic (exact) mass is 257 g/mol. The summed E-state index contributed by atoms with van der Waals surface area (Å²) >= 11 is 0. The zero-order chi connectivity index (χ0) is 14.0. The van der Waals surface area contributed by atoms with Gasteiger partial charge in [-0.25, -0.2) is 4.39 Å². The number of hydrogen-bond acceptors (Lipinski definition) is 1. The molecular formula is C17H20FN. The fourth-order valence-corrected chi connectivity index (χ4v) is 2.50. The van der Waals surface area contributed by atoms with Gasteiger partial charge in [-0.05, 0) is 55.5 Å². The molecule has 2 aromatic rings. The van der Waals surface area contributed by atoms with Gasteiger partial charge in [-0.1, -0.05) is 36.4 Å². The summed E-state index contributed by atoms with van der Waals surface area (Å²) in [5.41, 5.74) is 10.0. The summed E-state index contributed by atoms with van der Waals surface area (Å²) in [7, 11) is 0. The van der Waals surface area contributed by atoms with Crippen LogP contribution in [0, 0.1) is 19.7 Å².